The van der Waals surface area contributed by atoms with Gasteiger partial charge in [0.1, 0.15) is 12.2 Å². The first kappa shape index (κ1) is 15.1. The van der Waals surface area contributed by atoms with Gasteiger partial charge < -0.3 is 24.5 Å². The molecule has 0 aliphatic carbocycles. The maximum atomic E-state index is 11.2. The second-order valence-electron chi connectivity index (χ2n) is 4.76. The Labute approximate surface area is 120 Å². The van der Waals surface area contributed by atoms with Gasteiger partial charge in [0, 0.05) is 17.0 Å². The van der Waals surface area contributed by atoms with Crippen LogP contribution in [0, 0.1) is 0 Å². The monoisotopic (exact) mass is 292 g/mol. The normalized spacial score (nSPS) is 13.9. The quantitative estimate of drug-likeness (QED) is 0.583. The molecule has 1 aromatic carbocycles. The van der Waals surface area contributed by atoms with E-state index in [4.69, 9.17) is 9.15 Å². The van der Waals surface area contributed by atoms with Crippen LogP contribution in [0.1, 0.15) is 18.6 Å². The van der Waals surface area contributed by atoms with Crippen LogP contribution >= 0.6 is 0 Å². The SMILES string of the molecule is C=C(C)[C@@H](O)[C@H](O)c1cc2ccc(=O)oc2c(O)c1OC. The molecule has 2 atom stereocenters. The molecule has 1 aromatic heterocycles. The highest BCUT2D eigenvalue weighted by atomic mass is 16.5. The summed E-state index contributed by atoms with van der Waals surface area (Å²) in [4.78, 5) is 11.2. The summed E-state index contributed by atoms with van der Waals surface area (Å²) in [6.45, 7) is 5.15. The highest BCUT2D eigenvalue weighted by Crippen LogP contribution is 2.41. The highest BCUT2D eigenvalue weighted by molar-refractivity contribution is 5.86. The van der Waals surface area contributed by atoms with Crippen molar-refractivity contribution in [3.05, 3.63) is 46.3 Å². The first-order chi connectivity index (χ1) is 9.86. The van der Waals surface area contributed by atoms with Crippen molar-refractivity contribution in [2.45, 2.75) is 19.1 Å². The molecule has 6 nitrogen and oxygen atoms in total. The van der Waals surface area contributed by atoms with Gasteiger partial charge in [-0.05, 0) is 24.6 Å². The van der Waals surface area contributed by atoms with E-state index in [1.165, 1.54) is 25.3 Å². The zero-order valence-electron chi connectivity index (χ0n) is 11.7. The first-order valence-corrected chi connectivity index (χ1v) is 6.22. The number of methoxy groups -OCH3 is 1. The van der Waals surface area contributed by atoms with Gasteiger partial charge >= 0.3 is 5.63 Å². The van der Waals surface area contributed by atoms with Crippen molar-refractivity contribution in [3.8, 4) is 11.5 Å². The molecular weight excluding hydrogens is 276 g/mol. The topological polar surface area (TPSA) is 100 Å². The van der Waals surface area contributed by atoms with E-state index in [-0.39, 0.29) is 16.9 Å². The summed E-state index contributed by atoms with van der Waals surface area (Å²) >= 11 is 0. The Morgan fingerprint density at radius 1 is 1.38 bits per heavy atom. The lowest BCUT2D eigenvalue weighted by Crippen LogP contribution is -2.19. The third kappa shape index (κ3) is 2.63. The van der Waals surface area contributed by atoms with E-state index in [2.05, 4.69) is 6.58 Å². The minimum absolute atomic E-state index is 0.0416. The maximum absolute atomic E-state index is 11.2. The van der Waals surface area contributed by atoms with E-state index < -0.39 is 23.6 Å². The van der Waals surface area contributed by atoms with Gasteiger partial charge in [0.2, 0.25) is 5.75 Å². The molecule has 0 fully saturated rings. The molecule has 0 radical (unpaired) electrons. The molecule has 0 aliphatic heterocycles. The van der Waals surface area contributed by atoms with Crippen LogP contribution in [-0.2, 0) is 0 Å². The fourth-order valence-electron chi connectivity index (χ4n) is 2.07. The lowest BCUT2D eigenvalue weighted by atomic mass is 9.97. The van der Waals surface area contributed by atoms with Gasteiger partial charge in [-0.3, -0.25) is 0 Å². The fourth-order valence-corrected chi connectivity index (χ4v) is 2.07. The van der Waals surface area contributed by atoms with Crippen LogP contribution in [0.25, 0.3) is 11.0 Å². The average Bonchev–Trinajstić information content (AvgIpc) is 2.46. The van der Waals surface area contributed by atoms with E-state index in [0.29, 0.717) is 11.0 Å². The maximum Gasteiger partial charge on any atom is 0.336 e. The Hall–Kier alpha value is -2.31. The summed E-state index contributed by atoms with van der Waals surface area (Å²) in [5.41, 5.74) is -0.120. The first-order valence-electron chi connectivity index (χ1n) is 6.22. The lowest BCUT2D eigenvalue weighted by Gasteiger charge is -2.21. The zero-order valence-corrected chi connectivity index (χ0v) is 11.7. The van der Waals surface area contributed by atoms with Gasteiger partial charge in [-0.25, -0.2) is 4.79 Å². The molecule has 0 amide bonds. The average molecular weight is 292 g/mol. The van der Waals surface area contributed by atoms with Gasteiger partial charge in [0.15, 0.2) is 11.3 Å². The molecule has 1 heterocycles. The number of fused-ring (bicyclic) bond motifs is 1. The summed E-state index contributed by atoms with van der Waals surface area (Å²) < 4.78 is 9.99. The third-order valence-corrected chi connectivity index (χ3v) is 3.19. The predicted molar refractivity (Wildman–Crippen MR) is 76.5 cm³/mol. The number of phenolic OH excluding ortho intramolecular Hbond substituents is 1. The molecular formula is C15H16O6. The molecule has 0 spiro atoms. The smallest absolute Gasteiger partial charge is 0.336 e. The van der Waals surface area contributed by atoms with Crippen molar-refractivity contribution < 1.29 is 24.5 Å². The summed E-state index contributed by atoms with van der Waals surface area (Å²) in [5, 5.41) is 30.7. The number of aromatic hydroxyl groups is 1. The van der Waals surface area contributed by atoms with Crippen LogP contribution < -0.4 is 10.4 Å². The Bertz CT molecular complexity index is 746. The second kappa shape index (κ2) is 5.59. The van der Waals surface area contributed by atoms with Gasteiger partial charge in [-0.2, -0.15) is 0 Å². The van der Waals surface area contributed by atoms with Crippen molar-refractivity contribution in [2.24, 2.45) is 0 Å². The van der Waals surface area contributed by atoms with Crippen LogP contribution in [0.3, 0.4) is 0 Å². The molecule has 0 saturated carbocycles. The number of benzene rings is 1. The van der Waals surface area contributed by atoms with E-state index in [1.807, 2.05) is 0 Å². The number of ether oxygens (including phenoxy) is 1. The second-order valence-corrected chi connectivity index (χ2v) is 4.76. The number of hydrogen-bond acceptors (Lipinski definition) is 6. The standard InChI is InChI=1S/C15H16O6/c1-7(2)11(17)12(18)9-6-8-4-5-10(16)21-14(8)13(19)15(9)20-3/h4-6,11-12,17-19H,1H2,2-3H3/t11-,12-/m1/s1. The molecule has 0 aliphatic rings. The number of aliphatic hydroxyl groups excluding tert-OH is 2. The minimum Gasteiger partial charge on any atom is -0.502 e. The van der Waals surface area contributed by atoms with E-state index in [1.54, 1.807) is 6.92 Å². The van der Waals surface area contributed by atoms with E-state index in [9.17, 15) is 20.1 Å². The number of rotatable bonds is 4. The van der Waals surface area contributed by atoms with Crippen LogP contribution in [0.5, 0.6) is 11.5 Å². The zero-order chi connectivity index (χ0) is 15.7. The highest BCUT2D eigenvalue weighted by Gasteiger charge is 2.26. The minimum atomic E-state index is -1.33. The molecule has 3 N–H and O–H groups in total. The lowest BCUT2D eigenvalue weighted by molar-refractivity contribution is 0.0398. The Kier molecular flexibility index (Phi) is 4.02. The molecule has 112 valence electrons. The van der Waals surface area contributed by atoms with Gasteiger partial charge in [0.25, 0.3) is 0 Å². The number of hydrogen-bond donors (Lipinski definition) is 3. The molecule has 2 rings (SSSR count). The van der Waals surface area contributed by atoms with Crippen molar-refractivity contribution in [1.82, 2.24) is 0 Å². The summed E-state index contributed by atoms with van der Waals surface area (Å²) in [6.07, 6.45) is -2.55. The third-order valence-electron chi connectivity index (χ3n) is 3.19. The Balaban J connectivity index is 2.71. The predicted octanol–water partition coefficient (Wildman–Crippen LogP) is 1.48. The van der Waals surface area contributed by atoms with Crippen LogP contribution in [0.15, 0.2) is 39.6 Å². The van der Waals surface area contributed by atoms with E-state index in [0.717, 1.165) is 0 Å². The summed E-state index contributed by atoms with van der Waals surface area (Å²) in [7, 11) is 1.30. The molecule has 2 aromatic rings. The van der Waals surface area contributed by atoms with Crippen LogP contribution in [-0.4, -0.2) is 28.5 Å². The molecule has 21 heavy (non-hydrogen) atoms. The van der Waals surface area contributed by atoms with Crippen molar-refractivity contribution in [1.29, 1.82) is 0 Å². The molecule has 0 saturated heterocycles. The number of aliphatic hydroxyl groups is 2. The molecule has 0 unspecified atom stereocenters. The molecule has 0 bridgehead atoms. The van der Waals surface area contributed by atoms with Gasteiger partial charge in [-0.1, -0.05) is 6.58 Å². The van der Waals surface area contributed by atoms with Gasteiger partial charge in [0.05, 0.1) is 7.11 Å². The largest absolute Gasteiger partial charge is 0.502 e. The number of phenols is 1. The van der Waals surface area contributed by atoms with Crippen LogP contribution in [0.2, 0.25) is 0 Å². The Morgan fingerprint density at radius 2 is 2.05 bits per heavy atom. The molecule has 6 heteroatoms. The van der Waals surface area contributed by atoms with Crippen molar-refractivity contribution in [3.63, 3.8) is 0 Å². The fraction of sp³-hybridized carbons (Fsp3) is 0.267. The summed E-state index contributed by atoms with van der Waals surface area (Å²) in [6, 6.07) is 4.12. The summed E-state index contributed by atoms with van der Waals surface area (Å²) in [5.74, 6) is -0.472. The van der Waals surface area contributed by atoms with Crippen LogP contribution in [0.4, 0.5) is 0 Å². The van der Waals surface area contributed by atoms with E-state index >= 15 is 0 Å². The Morgan fingerprint density at radius 3 is 2.62 bits per heavy atom. The van der Waals surface area contributed by atoms with Gasteiger partial charge in [-0.15, -0.1) is 0 Å². The van der Waals surface area contributed by atoms with Crippen molar-refractivity contribution >= 4 is 11.0 Å². The van der Waals surface area contributed by atoms with Crippen molar-refractivity contribution in [2.75, 3.05) is 7.11 Å².